The van der Waals surface area contributed by atoms with Crippen LogP contribution in [-0.2, 0) is 6.42 Å². The number of carbonyl (C=O) groups is 1. The predicted octanol–water partition coefficient (Wildman–Crippen LogP) is 1.68. The van der Waals surface area contributed by atoms with E-state index in [1.54, 1.807) is 0 Å². The maximum atomic E-state index is 11.2. The molecule has 0 aliphatic heterocycles. The summed E-state index contributed by atoms with van der Waals surface area (Å²) >= 11 is 0. The van der Waals surface area contributed by atoms with Gasteiger partial charge in [-0.25, -0.2) is 4.79 Å². The van der Waals surface area contributed by atoms with Gasteiger partial charge in [-0.1, -0.05) is 13.3 Å². The van der Waals surface area contributed by atoms with Gasteiger partial charge in [0.05, 0.1) is 6.26 Å². The molecule has 0 fully saturated rings. The molecule has 0 aliphatic carbocycles. The highest BCUT2D eigenvalue weighted by atomic mass is 16.4. The average molecular weight is 196 g/mol. The lowest BCUT2D eigenvalue weighted by atomic mass is 10.1. The topological polar surface area (TPSA) is 67.5 Å². The standard InChI is InChI=1S/C10H12O4/c1-2-3-4-8-9(10(12)13)7(11)5-6-14-8/h5-6H,2-4H2,1H3,(H,12,13). The number of aromatic carboxylic acids is 1. The number of hydrogen-bond acceptors (Lipinski definition) is 3. The Morgan fingerprint density at radius 1 is 1.57 bits per heavy atom. The van der Waals surface area contributed by atoms with Crippen LogP contribution in [0.1, 0.15) is 35.9 Å². The van der Waals surface area contributed by atoms with E-state index in [0.29, 0.717) is 6.42 Å². The van der Waals surface area contributed by atoms with Crippen LogP contribution in [0.2, 0.25) is 0 Å². The van der Waals surface area contributed by atoms with Crippen LogP contribution in [0.4, 0.5) is 0 Å². The van der Waals surface area contributed by atoms with Crippen molar-refractivity contribution >= 4 is 5.97 Å². The Morgan fingerprint density at radius 3 is 2.86 bits per heavy atom. The fraction of sp³-hybridized carbons (Fsp3) is 0.400. The zero-order chi connectivity index (χ0) is 10.6. The summed E-state index contributed by atoms with van der Waals surface area (Å²) in [5, 5.41) is 8.79. The molecular weight excluding hydrogens is 184 g/mol. The molecule has 4 nitrogen and oxygen atoms in total. The predicted molar refractivity (Wildman–Crippen MR) is 50.5 cm³/mol. The number of aryl methyl sites for hydroxylation is 1. The van der Waals surface area contributed by atoms with Crippen molar-refractivity contribution in [2.24, 2.45) is 0 Å². The maximum absolute atomic E-state index is 11.2. The first-order valence-electron chi connectivity index (χ1n) is 4.50. The van der Waals surface area contributed by atoms with E-state index in [9.17, 15) is 9.59 Å². The molecule has 0 atom stereocenters. The molecule has 0 amide bonds. The van der Waals surface area contributed by atoms with Crippen molar-refractivity contribution < 1.29 is 14.3 Å². The highest BCUT2D eigenvalue weighted by molar-refractivity contribution is 5.88. The second-order valence-corrected chi connectivity index (χ2v) is 2.99. The summed E-state index contributed by atoms with van der Waals surface area (Å²) in [6.07, 6.45) is 3.47. The molecule has 0 radical (unpaired) electrons. The molecule has 1 N–H and O–H groups in total. The Bertz CT molecular complexity index is 378. The fourth-order valence-corrected chi connectivity index (χ4v) is 1.20. The van der Waals surface area contributed by atoms with Crippen molar-refractivity contribution in [1.29, 1.82) is 0 Å². The minimum atomic E-state index is -1.22. The molecule has 76 valence electrons. The van der Waals surface area contributed by atoms with Gasteiger partial charge in [0.25, 0.3) is 0 Å². The lowest BCUT2D eigenvalue weighted by molar-refractivity contribution is 0.0690. The minimum absolute atomic E-state index is 0.235. The van der Waals surface area contributed by atoms with Crippen LogP contribution in [-0.4, -0.2) is 11.1 Å². The van der Waals surface area contributed by atoms with E-state index < -0.39 is 11.4 Å². The molecule has 1 aromatic rings. The lowest BCUT2D eigenvalue weighted by Gasteiger charge is -2.01. The Balaban J connectivity index is 3.08. The zero-order valence-corrected chi connectivity index (χ0v) is 7.95. The molecule has 0 unspecified atom stereocenters. The average Bonchev–Trinajstić information content (AvgIpc) is 2.14. The molecular formula is C10H12O4. The molecule has 0 saturated heterocycles. The van der Waals surface area contributed by atoms with Gasteiger partial charge in [0.15, 0.2) is 5.43 Å². The highest BCUT2D eigenvalue weighted by Gasteiger charge is 2.15. The van der Waals surface area contributed by atoms with Crippen molar-refractivity contribution in [3.63, 3.8) is 0 Å². The Morgan fingerprint density at radius 2 is 2.29 bits per heavy atom. The van der Waals surface area contributed by atoms with Crippen LogP contribution >= 0.6 is 0 Å². The van der Waals surface area contributed by atoms with Gasteiger partial charge in [0, 0.05) is 12.5 Å². The Kier molecular flexibility index (Phi) is 3.45. The molecule has 0 aromatic carbocycles. The SMILES string of the molecule is CCCCc1occc(=O)c1C(=O)O. The first-order chi connectivity index (χ1) is 6.66. The quantitative estimate of drug-likeness (QED) is 0.795. The molecule has 1 aromatic heterocycles. The molecule has 14 heavy (non-hydrogen) atoms. The van der Waals surface area contributed by atoms with Crippen LogP contribution in [0.25, 0.3) is 0 Å². The number of carboxylic acid groups (broad SMARTS) is 1. The van der Waals surface area contributed by atoms with Crippen molar-refractivity contribution in [2.75, 3.05) is 0 Å². The third kappa shape index (κ3) is 2.22. The summed E-state index contributed by atoms with van der Waals surface area (Å²) in [6.45, 7) is 1.99. The van der Waals surface area contributed by atoms with Crippen LogP contribution in [0.15, 0.2) is 21.5 Å². The molecule has 0 aliphatic rings. The van der Waals surface area contributed by atoms with E-state index >= 15 is 0 Å². The molecule has 1 rings (SSSR count). The van der Waals surface area contributed by atoms with E-state index in [4.69, 9.17) is 9.52 Å². The largest absolute Gasteiger partial charge is 0.477 e. The van der Waals surface area contributed by atoms with E-state index in [1.165, 1.54) is 6.26 Å². The summed E-state index contributed by atoms with van der Waals surface area (Å²) in [4.78, 5) is 21.9. The number of unbranched alkanes of at least 4 members (excludes halogenated alkanes) is 1. The summed E-state index contributed by atoms with van der Waals surface area (Å²) < 4.78 is 5.02. The van der Waals surface area contributed by atoms with Gasteiger partial charge in [-0.05, 0) is 6.42 Å². The molecule has 0 spiro atoms. The van der Waals surface area contributed by atoms with Gasteiger partial charge < -0.3 is 9.52 Å². The van der Waals surface area contributed by atoms with E-state index in [1.807, 2.05) is 6.92 Å². The summed E-state index contributed by atoms with van der Waals surface area (Å²) in [7, 11) is 0. The first-order valence-corrected chi connectivity index (χ1v) is 4.50. The van der Waals surface area contributed by atoms with Gasteiger partial charge in [-0.15, -0.1) is 0 Å². The van der Waals surface area contributed by atoms with Crippen LogP contribution in [0.5, 0.6) is 0 Å². The van der Waals surface area contributed by atoms with Crippen LogP contribution < -0.4 is 5.43 Å². The van der Waals surface area contributed by atoms with Gasteiger partial charge in [-0.2, -0.15) is 0 Å². The molecule has 0 bridgehead atoms. The molecule has 1 heterocycles. The fourth-order valence-electron chi connectivity index (χ4n) is 1.20. The maximum Gasteiger partial charge on any atom is 0.343 e. The smallest absolute Gasteiger partial charge is 0.343 e. The first kappa shape index (κ1) is 10.5. The highest BCUT2D eigenvalue weighted by Crippen LogP contribution is 2.08. The van der Waals surface area contributed by atoms with E-state index in [2.05, 4.69) is 0 Å². The van der Waals surface area contributed by atoms with Crippen molar-refractivity contribution in [3.8, 4) is 0 Å². The van der Waals surface area contributed by atoms with Crippen molar-refractivity contribution in [3.05, 3.63) is 33.9 Å². The zero-order valence-electron chi connectivity index (χ0n) is 7.95. The van der Waals surface area contributed by atoms with Gasteiger partial charge in [0.1, 0.15) is 11.3 Å². The minimum Gasteiger partial charge on any atom is -0.477 e. The van der Waals surface area contributed by atoms with Gasteiger partial charge in [0.2, 0.25) is 0 Å². The number of rotatable bonds is 4. The second-order valence-electron chi connectivity index (χ2n) is 2.99. The monoisotopic (exact) mass is 196 g/mol. The van der Waals surface area contributed by atoms with E-state index in [-0.39, 0.29) is 11.3 Å². The Hall–Kier alpha value is -1.58. The van der Waals surface area contributed by atoms with Crippen LogP contribution in [0.3, 0.4) is 0 Å². The van der Waals surface area contributed by atoms with Gasteiger partial charge in [-0.3, -0.25) is 4.79 Å². The van der Waals surface area contributed by atoms with Crippen molar-refractivity contribution in [1.82, 2.24) is 0 Å². The van der Waals surface area contributed by atoms with E-state index in [0.717, 1.165) is 18.9 Å². The number of hydrogen-bond donors (Lipinski definition) is 1. The van der Waals surface area contributed by atoms with Crippen LogP contribution in [0, 0.1) is 0 Å². The summed E-state index contributed by atoms with van der Waals surface area (Å²) in [6, 6.07) is 1.12. The summed E-state index contributed by atoms with van der Waals surface area (Å²) in [5.74, 6) is -0.947. The third-order valence-electron chi connectivity index (χ3n) is 1.93. The van der Waals surface area contributed by atoms with Crippen molar-refractivity contribution in [2.45, 2.75) is 26.2 Å². The molecule has 4 heteroatoms. The molecule has 0 saturated carbocycles. The summed E-state index contributed by atoms with van der Waals surface area (Å²) in [5.41, 5.74) is -0.726. The third-order valence-corrected chi connectivity index (χ3v) is 1.93. The normalized spacial score (nSPS) is 10.1. The second kappa shape index (κ2) is 4.60. The lowest BCUT2D eigenvalue weighted by Crippen LogP contribution is -2.16. The van der Waals surface area contributed by atoms with Gasteiger partial charge >= 0.3 is 5.97 Å². The Labute approximate surface area is 81.2 Å². The number of carboxylic acids is 1.